The van der Waals surface area contributed by atoms with E-state index in [1.807, 2.05) is 23.1 Å². The lowest BCUT2D eigenvalue weighted by atomic mass is 10.0. The zero-order chi connectivity index (χ0) is 17.6. The molecular weight excluding hydrogens is 318 g/mol. The number of amides is 1. The summed E-state index contributed by atoms with van der Waals surface area (Å²) in [7, 11) is 1.66. The van der Waals surface area contributed by atoms with E-state index in [4.69, 9.17) is 9.26 Å². The van der Waals surface area contributed by atoms with E-state index in [0.29, 0.717) is 18.7 Å². The number of carbonyl (C=O) groups excluding carboxylic acids is 1. The number of carbonyl (C=O) groups is 1. The lowest BCUT2D eigenvalue weighted by Gasteiger charge is -2.25. The number of aryl methyl sites for hydroxylation is 2. The van der Waals surface area contributed by atoms with Gasteiger partial charge in [-0.2, -0.15) is 4.98 Å². The molecular formula is C19H25N3O3. The molecule has 2 aromatic rings. The van der Waals surface area contributed by atoms with Crippen LogP contribution in [-0.2, 0) is 17.6 Å². The summed E-state index contributed by atoms with van der Waals surface area (Å²) < 4.78 is 10.5. The van der Waals surface area contributed by atoms with Crippen molar-refractivity contribution in [2.45, 2.75) is 51.5 Å². The van der Waals surface area contributed by atoms with Gasteiger partial charge in [0.25, 0.3) is 0 Å². The fourth-order valence-corrected chi connectivity index (χ4v) is 3.33. The van der Waals surface area contributed by atoms with Crippen LogP contribution < -0.4 is 4.74 Å². The predicted molar refractivity (Wildman–Crippen MR) is 93.3 cm³/mol. The Hall–Kier alpha value is -2.37. The van der Waals surface area contributed by atoms with Crippen molar-refractivity contribution in [3.05, 3.63) is 41.5 Å². The van der Waals surface area contributed by atoms with Crippen molar-refractivity contribution < 1.29 is 14.1 Å². The molecule has 0 radical (unpaired) electrons. The molecule has 0 aliphatic carbocycles. The summed E-state index contributed by atoms with van der Waals surface area (Å²) in [5.74, 6) is 2.24. The molecule has 1 aliphatic rings. The highest BCUT2D eigenvalue weighted by atomic mass is 16.5. The Morgan fingerprint density at radius 2 is 2.28 bits per heavy atom. The minimum atomic E-state index is 0.126. The molecule has 6 nitrogen and oxygen atoms in total. The number of aromatic nitrogens is 2. The molecule has 0 spiro atoms. The number of likely N-dealkylation sites (tertiary alicyclic amines) is 1. The highest BCUT2D eigenvalue weighted by Crippen LogP contribution is 2.33. The van der Waals surface area contributed by atoms with Gasteiger partial charge in [-0.15, -0.1) is 0 Å². The first kappa shape index (κ1) is 17.5. The van der Waals surface area contributed by atoms with Gasteiger partial charge in [-0.25, -0.2) is 0 Å². The van der Waals surface area contributed by atoms with Gasteiger partial charge >= 0.3 is 0 Å². The summed E-state index contributed by atoms with van der Waals surface area (Å²) in [6.45, 7) is 2.87. The van der Waals surface area contributed by atoms with E-state index in [9.17, 15) is 4.79 Å². The summed E-state index contributed by atoms with van der Waals surface area (Å²) in [5, 5.41) is 3.94. The number of rotatable bonds is 7. The summed E-state index contributed by atoms with van der Waals surface area (Å²) in [6.07, 6.45) is 4.69. The van der Waals surface area contributed by atoms with Gasteiger partial charge in [-0.3, -0.25) is 4.79 Å². The Morgan fingerprint density at radius 3 is 3.08 bits per heavy atom. The molecule has 1 aliphatic heterocycles. The van der Waals surface area contributed by atoms with Gasteiger partial charge in [-0.1, -0.05) is 24.2 Å². The van der Waals surface area contributed by atoms with Crippen molar-refractivity contribution in [1.29, 1.82) is 0 Å². The number of hydrogen-bond acceptors (Lipinski definition) is 5. The Bertz CT molecular complexity index is 713. The molecule has 1 aromatic carbocycles. The Kier molecular flexibility index (Phi) is 5.68. The van der Waals surface area contributed by atoms with E-state index in [1.54, 1.807) is 7.11 Å². The van der Waals surface area contributed by atoms with Crippen LogP contribution in [0, 0.1) is 0 Å². The first-order valence-corrected chi connectivity index (χ1v) is 8.96. The fraction of sp³-hybridized carbons (Fsp3) is 0.526. The largest absolute Gasteiger partial charge is 0.497 e. The van der Waals surface area contributed by atoms with E-state index in [1.165, 1.54) is 0 Å². The van der Waals surface area contributed by atoms with Gasteiger partial charge in [0, 0.05) is 25.8 Å². The molecule has 1 saturated heterocycles. The Morgan fingerprint density at radius 1 is 1.40 bits per heavy atom. The molecule has 134 valence electrons. The van der Waals surface area contributed by atoms with E-state index in [-0.39, 0.29) is 11.9 Å². The van der Waals surface area contributed by atoms with Gasteiger partial charge in [0.2, 0.25) is 11.8 Å². The van der Waals surface area contributed by atoms with Gasteiger partial charge in [0.05, 0.1) is 13.2 Å². The molecule has 1 fully saturated rings. The summed E-state index contributed by atoms with van der Waals surface area (Å²) >= 11 is 0. The van der Waals surface area contributed by atoms with Crippen LogP contribution in [0.1, 0.15) is 55.9 Å². The molecule has 0 unspecified atom stereocenters. The van der Waals surface area contributed by atoms with Crippen molar-refractivity contribution in [2.24, 2.45) is 0 Å². The maximum Gasteiger partial charge on any atom is 0.227 e. The van der Waals surface area contributed by atoms with Crippen LogP contribution in [0.15, 0.2) is 28.8 Å². The molecule has 2 heterocycles. The molecule has 1 atom stereocenters. The third-order valence-electron chi connectivity index (χ3n) is 4.59. The molecule has 6 heteroatoms. The second-order valence-electron chi connectivity index (χ2n) is 6.38. The van der Waals surface area contributed by atoms with Crippen LogP contribution in [0.25, 0.3) is 0 Å². The second kappa shape index (κ2) is 8.14. The Balaban J connectivity index is 1.62. The smallest absolute Gasteiger partial charge is 0.227 e. The Labute approximate surface area is 148 Å². The summed E-state index contributed by atoms with van der Waals surface area (Å²) in [5.41, 5.74) is 1.13. The first-order chi connectivity index (χ1) is 12.2. The van der Waals surface area contributed by atoms with Crippen LogP contribution in [0.4, 0.5) is 0 Å². The average molecular weight is 343 g/mol. The van der Waals surface area contributed by atoms with Crippen LogP contribution in [0.2, 0.25) is 0 Å². The highest BCUT2D eigenvalue weighted by molar-refractivity contribution is 5.77. The zero-order valence-corrected chi connectivity index (χ0v) is 14.9. The lowest BCUT2D eigenvalue weighted by Crippen LogP contribution is -2.30. The van der Waals surface area contributed by atoms with Crippen LogP contribution in [0.5, 0.6) is 5.75 Å². The average Bonchev–Trinajstić information content (AvgIpc) is 3.29. The van der Waals surface area contributed by atoms with E-state index < -0.39 is 0 Å². The normalized spacial score (nSPS) is 17.0. The molecule has 25 heavy (non-hydrogen) atoms. The maximum atomic E-state index is 12.7. The van der Waals surface area contributed by atoms with E-state index >= 15 is 0 Å². The van der Waals surface area contributed by atoms with Gasteiger partial charge in [-0.05, 0) is 37.0 Å². The van der Waals surface area contributed by atoms with Crippen molar-refractivity contribution >= 4 is 5.91 Å². The predicted octanol–water partition coefficient (Wildman–Crippen LogP) is 3.33. The standard InChI is InChI=1S/C19H25N3O3/c1-3-6-17-20-18(25-21-17)10-11-19(23)22-12-5-9-16(22)14-7-4-8-15(13-14)24-2/h4,7-8,13,16H,3,5-6,9-12H2,1-2H3/t16-/m0/s1. The highest BCUT2D eigenvalue weighted by Gasteiger charge is 2.30. The van der Waals surface area contributed by atoms with Crippen LogP contribution in [0.3, 0.4) is 0 Å². The minimum absolute atomic E-state index is 0.126. The first-order valence-electron chi connectivity index (χ1n) is 8.96. The van der Waals surface area contributed by atoms with E-state index in [2.05, 4.69) is 23.1 Å². The third-order valence-corrected chi connectivity index (χ3v) is 4.59. The lowest BCUT2D eigenvalue weighted by molar-refractivity contribution is -0.132. The topological polar surface area (TPSA) is 68.5 Å². The maximum absolute atomic E-state index is 12.7. The second-order valence-corrected chi connectivity index (χ2v) is 6.38. The van der Waals surface area contributed by atoms with Crippen molar-refractivity contribution in [2.75, 3.05) is 13.7 Å². The fourth-order valence-electron chi connectivity index (χ4n) is 3.33. The summed E-state index contributed by atoms with van der Waals surface area (Å²) in [4.78, 5) is 19.0. The molecule has 0 saturated carbocycles. The van der Waals surface area contributed by atoms with Crippen molar-refractivity contribution in [1.82, 2.24) is 15.0 Å². The van der Waals surface area contributed by atoms with Gasteiger partial charge in [0.15, 0.2) is 5.82 Å². The third kappa shape index (κ3) is 4.18. The number of benzene rings is 1. The van der Waals surface area contributed by atoms with Crippen LogP contribution in [-0.4, -0.2) is 34.6 Å². The number of nitrogens with zero attached hydrogens (tertiary/aromatic N) is 3. The van der Waals surface area contributed by atoms with Gasteiger partial charge < -0.3 is 14.2 Å². The SMILES string of the molecule is CCCc1noc(CCC(=O)N2CCC[C@H]2c2cccc(OC)c2)n1. The monoisotopic (exact) mass is 343 g/mol. The zero-order valence-electron chi connectivity index (χ0n) is 14.9. The number of hydrogen-bond donors (Lipinski definition) is 0. The molecule has 3 rings (SSSR count). The number of methoxy groups -OCH3 is 1. The van der Waals surface area contributed by atoms with Crippen molar-refractivity contribution in [3.8, 4) is 5.75 Å². The molecule has 1 aromatic heterocycles. The molecule has 0 bridgehead atoms. The number of ether oxygens (including phenoxy) is 1. The molecule has 1 amide bonds. The van der Waals surface area contributed by atoms with E-state index in [0.717, 1.165) is 49.4 Å². The quantitative estimate of drug-likeness (QED) is 0.771. The minimum Gasteiger partial charge on any atom is -0.497 e. The van der Waals surface area contributed by atoms with Gasteiger partial charge in [0.1, 0.15) is 5.75 Å². The van der Waals surface area contributed by atoms with Crippen molar-refractivity contribution in [3.63, 3.8) is 0 Å². The molecule has 0 N–H and O–H groups in total. The van der Waals surface area contributed by atoms with Crippen LogP contribution >= 0.6 is 0 Å². The summed E-state index contributed by atoms with van der Waals surface area (Å²) in [6, 6.07) is 8.11.